The number of anilines is 1. The first-order valence-electron chi connectivity index (χ1n) is 15.7. The van der Waals surface area contributed by atoms with Crippen LogP contribution in [0.15, 0.2) is 42.1 Å². The number of nitrogens with zero attached hydrogens (tertiary/aromatic N) is 5. The zero-order valence-electron chi connectivity index (χ0n) is 25.7. The Bertz CT molecular complexity index is 1900. The predicted octanol–water partition coefficient (Wildman–Crippen LogP) is 6.51. The Labute approximate surface area is 263 Å². The number of rotatable bonds is 6. The van der Waals surface area contributed by atoms with Gasteiger partial charge in [0.25, 0.3) is 6.08 Å². The van der Waals surface area contributed by atoms with Gasteiger partial charge < -0.3 is 19.8 Å². The van der Waals surface area contributed by atoms with Gasteiger partial charge in [-0.15, -0.1) is 0 Å². The Morgan fingerprint density at radius 2 is 1.89 bits per heavy atom. The first-order valence-corrected chi connectivity index (χ1v) is 15.7. The van der Waals surface area contributed by atoms with Crippen LogP contribution < -0.4 is 9.64 Å². The minimum absolute atomic E-state index is 0.0440. The number of hydrogen-bond acceptors (Lipinski definition) is 8. The Morgan fingerprint density at radius 1 is 1.09 bits per heavy atom. The van der Waals surface area contributed by atoms with Gasteiger partial charge in [-0.1, -0.05) is 13.0 Å². The van der Waals surface area contributed by atoms with Gasteiger partial charge in [0.05, 0.1) is 16.5 Å². The molecule has 0 aliphatic carbocycles. The maximum absolute atomic E-state index is 16.8. The van der Waals surface area contributed by atoms with E-state index in [2.05, 4.69) is 15.0 Å². The van der Waals surface area contributed by atoms with Crippen LogP contribution in [0.25, 0.3) is 32.9 Å². The first kappa shape index (κ1) is 30.6. The van der Waals surface area contributed by atoms with E-state index in [1.807, 2.05) is 9.80 Å². The van der Waals surface area contributed by atoms with E-state index in [1.54, 1.807) is 13.8 Å². The molecule has 0 spiro atoms. The fourth-order valence-electron chi connectivity index (χ4n) is 7.61. The van der Waals surface area contributed by atoms with Gasteiger partial charge in [0.1, 0.15) is 35.2 Å². The van der Waals surface area contributed by atoms with Crippen molar-refractivity contribution in [1.29, 1.82) is 0 Å². The molecule has 3 aliphatic heterocycles. The molecule has 0 radical (unpaired) electrons. The standard InChI is InChI=1S/C34H35F4N5O3/c1-3-22-25(35)7-6-19-12-21(44)13-23(26(19)22)28-27(36)29-24(15-39-28)31(42-10-4-8-33(2,45)17-42)41-32(40-29)46-18-34-9-5-11-43(34)16-20(14-34)30(37)38/h6-7,12-13,15,44-45H,3-5,8-11,14,16-18H2,1-2H3/t33-,34-/m1/s1. The van der Waals surface area contributed by atoms with E-state index < -0.39 is 28.9 Å². The zero-order chi connectivity index (χ0) is 32.4. The van der Waals surface area contributed by atoms with Crippen molar-refractivity contribution in [2.45, 2.75) is 63.5 Å². The Kier molecular flexibility index (Phi) is 7.55. The van der Waals surface area contributed by atoms with Crippen LogP contribution in [0.1, 0.15) is 51.5 Å². The largest absolute Gasteiger partial charge is 0.508 e. The van der Waals surface area contributed by atoms with Crippen molar-refractivity contribution < 1.29 is 32.5 Å². The Balaban J connectivity index is 1.37. The van der Waals surface area contributed by atoms with E-state index >= 15 is 4.39 Å². The second kappa shape index (κ2) is 11.3. The lowest BCUT2D eigenvalue weighted by molar-refractivity contribution is 0.0447. The summed E-state index contributed by atoms with van der Waals surface area (Å²) in [5.41, 5.74) is -1.17. The van der Waals surface area contributed by atoms with Gasteiger partial charge in [-0.2, -0.15) is 18.7 Å². The van der Waals surface area contributed by atoms with E-state index in [0.29, 0.717) is 66.3 Å². The summed E-state index contributed by atoms with van der Waals surface area (Å²) in [5, 5.41) is 22.7. The van der Waals surface area contributed by atoms with Crippen LogP contribution in [0, 0.1) is 11.6 Å². The maximum Gasteiger partial charge on any atom is 0.319 e. The van der Waals surface area contributed by atoms with Crippen molar-refractivity contribution in [3.63, 3.8) is 0 Å². The molecule has 0 saturated carbocycles. The average Bonchev–Trinajstić information content (AvgIpc) is 3.57. The third-order valence-electron chi connectivity index (χ3n) is 9.78. The number of aryl methyl sites for hydroxylation is 1. The predicted molar refractivity (Wildman–Crippen MR) is 166 cm³/mol. The average molecular weight is 638 g/mol. The number of hydrogen-bond donors (Lipinski definition) is 2. The monoisotopic (exact) mass is 637 g/mol. The number of fused-ring (bicyclic) bond motifs is 3. The molecule has 3 saturated heterocycles. The quantitative estimate of drug-likeness (QED) is 0.231. The lowest BCUT2D eigenvalue weighted by Crippen LogP contribution is -2.46. The van der Waals surface area contributed by atoms with E-state index in [9.17, 15) is 23.4 Å². The van der Waals surface area contributed by atoms with Gasteiger partial charge in [-0.25, -0.2) is 8.78 Å². The van der Waals surface area contributed by atoms with Gasteiger partial charge in [0, 0.05) is 37.0 Å². The van der Waals surface area contributed by atoms with Gasteiger partial charge in [-0.3, -0.25) is 9.88 Å². The van der Waals surface area contributed by atoms with E-state index in [0.717, 1.165) is 6.42 Å². The molecule has 2 N–H and O–H groups in total. The van der Waals surface area contributed by atoms with Gasteiger partial charge in [0.15, 0.2) is 5.82 Å². The highest BCUT2D eigenvalue weighted by Gasteiger charge is 2.48. The fraction of sp³-hybridized carbons (Fsp3) is 0.441. The smallest absolute Gasteiger partial charge is 0.319 e. The van der Waals surface area contributed by atoms with Crippen LogP contribution in [-0.2, 0) is 6.42 Å². The molecule has 3 fully saturated rings. The van der Waals surface area contributed by atoms with Crippen LogP contribution in [0.5, 0.6) is 11.8 Å². The lowest BCUT2D eigenvalue weighted by Gasteiger charge is -2.38. The fourth-order valence-corrected chi connectivity index (χ4v) is 7.61. The molecule has 3 aliphatic rings. The molecule has 0 bridgehead atoms. The number of aliphatic hydroxyl groups is 1. The van der Waals surface area contributed by atoms with Crippen molar-refractivity contribution in [1.82, 2.24) is 19.9 Å². The summed E-state index contributed by atoms with van der Waals surface area (Å²) in [6, 6.07) is 5.59. The summed E-state index contributed by atoms with van der Waals surface area (Å²) < 4.78 is 65.0. The molecule has 2 atom stereocenters. The molecule has 2 aromatic carbocycles. The Morgan fingerprint density at radius 3 is 2.65 bits per heavy atom. The Hall–Kier alpha value is -4.03. The highest BCUT2D eigenvalue weighted by Crippen LogP contribution is 2.44. The number of aromatic hydroxyl groups is 1. The molecule has 46 heavy (non-hydrogen) atoms. The maximum atomic E-state index is 16.8. The summed E-state index contributed by atoms with van der Waals surface area (Å²) in [6.07, 6.45) is 3.07. The number of pyridine rings is 1. The van der Waals surface area contributed by atoms with Crippen LogP contribution in [0.4, 0.5) is 23.4 Å². The molecule has 4 aromatic rings. The number of aromatic nitrogens is 3. The first-order chi connectivity index (χ1) is 22.0. The van der Waals surface area contributed by atoms with Crippen molar-refractivity contribution in [3.05, 3.63) is 59.3 Å². The number of β-amino-alcohol motifs (C(OH)–C–C–N with tert-alkyl or cyclic N) is 1. The zero-order valence-corrected chi connectivity index (χ0v) is 25.7. The number of ether oxygens (including phenoxy) is 1. The van der Waals surface area contributed by atoms with Crippen molar-refractivity contribution in [3.8, 4) is 23.0 Å². The second-order valence-corrected chi connectivity index (χ2v) is 13.1. The molecule has 12 heteroatoms. The van der Waals surface area contributed by atoms with Crippen LogP contribution in [0.2, 0.25) is 0 Å². The third-order valence-corrected chi connectivity index (χ3v) is 9.78. The summed E-state index contributed by atoms with van der Waals surface area (Å²) in [6.45, 7) is 5.21. The topological polar surface area (TPSA) is 94.8 Å². The number of piperidine rings is 1. The lowest BCUT2D eigenvalue weighted by atomic mass is 9.94. The summed E-state index contributed by atoms with van der Waals surface area (Å²) in [7, 11) is 0. The summed E-state index contributed by atoms with van der Waals surface area (Å²) in [5.74, 6) is -1.05. The molecule has 2 aromatic heterocycles. The number of phenols is 1. The SMILES string of the molecule is CCc1c(F)ccc2cc(O)cc(-c3ncc4c(N5CCC[C@@](C)(O)C5)nc(OC[C@]56CCCN5CC(=C(F)F)C6)nc4c3F)c12. The van der Waals surface area contributed by atoms with Crippen molar-refractivity contribution >= 4 is 27.5 Å². The number of halogens is 4. The van der Waals surface area contributed by atoms with Crippen molar-refractivity contribution in [2.75, 3.05) is 37.7 Å². The highest BCUT2D eigenvalue weighted by molar-refractivity contribution is 6.01. The normalized spacial score (nSPS) is 23.5. The minimum Gasteiger partial charge on any atom is -0.508 e. The van der Waals surface area contributed by atoms with Gasteiger partial charge >= 0.3 is 6.01 Å². The molecule has 0 unspecified atom stereocenters. The van der Waals surface area contributed by atoms with E-state index in [1.165, 1.54) is 30.5 Å². The molecular weight excluding hydrogens is 602 g/mol. The second-order valence-electron chi connectivity index (χ2n) is 13.1. The summed E-state index contributed by atoms with van der Waals surface area (Å²) >= 11 is 0. The van der Waals surface area contributed by atoms with Crippen molar-refractivity contribution in [2.24, 2.45) is 0 Å². The third kappa shape index (κ3) is 5.21. The van der Waals surface area contributed by atoms with Gasteiger partial charge in [0.2, 0.25) is 0 Å². The molecule has 242 valence electrons. The number of phenolic OH excluding ortho intramolecular Hbond substituents is 1. The van der Waals surface area contributed by atoms with Crippen LogP contribution >= 0.6 is 0 Å². The summed E-state index contributed by atoms with van der Waals surface area (Å²) in [4.78, 5) is 17.5. The molecule has 0 amide bonds. The highest BCUT2D eigenvalue weighted by atomic mass is 19.3. The molecular formula is C34H35F4N5O3. The minimum atomic E-state index is -1.66. The van der Waals surface area contributed by atoms with E-state index in [-0.39, 0.29) is 60.2 Å². The number of benzene rings is 2. The van der Waals surface area contributed by atoms with E-state index in [4.69, 9.17) is 4.74 Å². The molecule has 5 heterocycles. The van der Waals surface area contributed by atoms with Crippen LogP contribution in [0.3, 0.4) is 0 Å². The molecule has 8 nitrogen and oxygen atoms in total. The van der Waals surface area contributed by atoms with Crippen LogP contribution in [-0.4, -0.2) is 74.0 Å². The van der Waals surface area contributed by atoms with Gasteiger partial charge in [-0.05, 0) is 86.5 Å². The molecule has 7 rings (SSSR count).